The van der Waals surface area contributed by atoms with Crippen molar-refractivity contribution in [1.29, 1.82) is 0 Å². The number of phenols is 4. The van der Waals surface area contributed by atoms with E-state index >= 15 is 0 Å². The summed E-state index contributed by atoms with van der Waals surface area (Å²) in [6, 6.07) is 2.22. The maximum absolute atomic E-state index is 12.4. The minimum atomic E-state index is -5.57. The molecule has 0 saturated heterocycles. The van der Waals surface area contributed by atoms with E-state index in [2.05, 4.69) is 0 Å². The van der Waals surface area contributed by atoms with Crippen molar-refractivity contribution in [2.24, 2.45) is 0 Å². The Morgan fingerprint density at radius 2 is 0.675 bits per heavy atom. The van der Waals surface area contributed by atoms with Gasteiger partial charge >= 0.3 is 0 Å². The minimum Gasteiger partial charge on any atom is -0.507 e. The van der Waals surface area contributed by atoms with E-state index in [1.54, 1.807) is 0 Å². The molecule has 8 N–H and O–H groups in total. The van der Waals surface area contributed by atoms with Crippen LogP contribution in [0.3, 0.4) is 0 Å². The molecule has 0 fully saturated rings. The van der Waals surface area contributed by atoms with Gasteiger partial charge in [-0.25, -0.2) is 0 Å². The smallest absolute Gasteiger partial charge is 0.295 e. The number of rotatable bonds is 5. The molecule has 0 aliphatic carbocycles. The van der Waals surface area contributed by atoms with E-state index in [0.29, 0.717) is 24.3 Å². The van der Waals surface area contributed by atoms with E-state index in [1.807, 2.05) is 0 Å². The molecule has 0 bridgehead atoms. The Kier molecular flexibility index (Phi) is 6.48. The third kappa shape index (κ3) is 4.86. The standard InChI is InChI=1S/C20H14O16S4/c21-11-3-7(37(25,26)27)1-9-17(11)13(23)5-15(39(31,32)33)19(9)20-10-2-8(38(28,29)30)4-12(22)18(10)14(24)6-16(20)40(34,35)36/h1-6,21-24H,(H,25,26,27)(H,28,29,30)(H,31,32,33)(H,34,35,36). The molecule has 20 heteroatoms. The molecular formula is C20H14O16S4. The van der Waals surface area contributed by atoms with Gasteiger partial charge in [0.1, 0.15) is 32.8 Å². The van der Waals surface area contributed by atoms with Crippen LogP contribution < -0.4 is 0 Å². The van der Waals surface area contributed by atoms with E-state index in [9.17, 15) is 72.3 Å². The molecular weight excluding hydrogens is 624 g/mol. The van der Waals surface area contributed by atoms with Crippen LogP contribution in [0.15, 0.2) is 56.0 Å². The summed E-state index contributed by atoms with van der Waals surface area (Å²) in [6.45, 7) is 0. The van der Waals surface area contributed by atoms with Gasteiger partial charge in [-0.15, -0.1) is 0 Å². The van der Waals surface area contributed by atoms with Crippen molar-refractivity contribution in [2.45, 2.75) is 19.6 Å². The van der Waals surface area contributed by atoms with Gasteiger partial charge in [-0.05, 0) is 22.9 Å². The lowest BCUT2D eigenvalue weighted by Gasteiger charge is -2.20. The Balaban J connectivity index is 2.53. The highest BCUT2D eigenvalue weighted by Crippen LogP contribution is 2.50. The quantitative estimate of drug-likeness (QED) is 0.143. The molecule has 4 aromatic carbocycles. The van der Waals surface area contributed by atoms with Gasteiger partial charge in [0.05, 0.1) is 20.6 Å². The van der Waals surface area contributed by atoms with Gasteiger partial charge in [-0.3, -0.25) is 18.2 Å². The van der Waals surface area contributed by atoms with Crippen LogP contribution in [-0.4, -0.2) is 72.3 Å². The molecule has 0 heterocycles. The zero-order valence-electron chi connectivity index (χ0n) is 18.9. The van der Waals surface area contributed by atoms with Gasteiger partial charge in [0.2, 0.25) is 0 Å². The van der Waals surface area contributed by atoms with Gasteiger partial charge in [0, 0.05) is 35.4 Å². The number of phenolic OH excluding ortho intramolecular Hbond substituents is 4. The van der Waals surface area contributed by atoms with Crippen molar-refractivity contribution >= 4 is 62.0 Å². The maximum Gasteiger partial charge on any atom is 0.295 e. The average Bonchev–Trinajstić information content (AvgIpc) is 2.76. The summed E-state index contributed by atoms with van der Waals surface area (Å²) in [4.78, 5) is -5.14. The van der Waals surface area contributed by atoms with Crippen LogP contribution >= 0.6 is 0 Å². The van der Waals surface area contributed by atoms with Gasteiger partial charge in [0.15, 0.2) is 0 Å². The molecule has 4 aromatic rings. The molecule has 0 amide bonds. The molecule has 0 aromatic heterocycles. The van der Waals surface area contributed by atoms with Crippen LogP contribution in [0, 0.1) is 0 Å². The molecule has 0 saturated carbocycles. The second-order valence-corrected chi connectivity index (χ2v) is 13.8. The first-order chi connectivity index (χ1) is 18.0. The summed E-state index contributed by atoms with van der Waals surface area (Å²) in [6.07, 6.45) is 0. The van der Waals surface area contributed by atoms with Crippen LogP contribution in [-0.2, 0) is 40.5 Å². The molecule has 16 nitrogen and oxygen atoms in total. The highest BCUT2D eigenvalue weighted by Gasteiger charge is 2.32. The fraction of sp³-hybridized carbons (Fsp3) is 0. The Morgan fingerprint density at radius 3 is 0.925 bits per heavy atom. The fourth-order valence-electron chi connectivity index (χ4n) is 4.16. The van der Waals surface area contributed by atoms with Gasteiger partial charge in [0.25, 0.3) is 40.5 Å². The summed E-state index contributed by atoms with van der Waals surface area (Å²) in [5, 5.41) is 38.3. The Hall–Kier alpha value is -3.76. The van der Waals surface area contributed by atoms with Crippen molar-refractivity contribution < 1.29 is 72.3 Å². The van der Waals surface area contributed by atoms with Crippen molar-refractivity contribution in [1.82, 2.24) is 0 Å². The van der Waals surface area contributed by atoms with Crippen LogP contribution in [0.4, 0.5) is 0 Å². The predicted octanol–water partition coefficient (Wildman–Crippen LogP) is 1.47. The second kappa shape index (κ2) is 8.87. The lowest BCUT2D eigenvalue weighted by molar-refractivity contribution is 0.456. The number of benzene rings is 4. The summed E-state index contributed by atoms with van der Waals surface area (Å²) < 4.78 is 136. The monoisotopic (exact) mass is 638 g/mol. The van der Waals surface area contributed by atoms with Crippen molar-refractivity contribution in [3.63, 3.8) is 0 Å². The first-order valence-corrected chi connectivity index (χ1v) is 15.7. The molecule has 0 radical (unpaired) electrons. The molecule has 214 valence electrons. The molecule has 0 unspecified atom stereocenters. The highest BCUT2D eigenvalue weighted by molar-refractivity contribution is 7.86. The van der Waals surface area contributed by atoms with Crippen LogP contribution in [0.1, 0.15) is 0 Å². The summed E-state index contributed by atoms with van der Waals surface area (Å²) in [7, 11) is -21.6. The largest absolute Gasteiger partial charge is 0.507 e. The second-order valence-electron chi connectivity index (χ2n) is 8.17. The molecule has 4 rings (SSSR count). The zero-order chi connectivity index (χ0) is 30.3. The lowest BCUT2D eigenvalue weighted by atomic mass is 9.92. The lowest BCUT2D eigenvalue weighted by Crippen LogP contribution is -2.08. The molecule has 0 aliphatic heterocycles. The Bertz CT molecular complexity index is 2060. The van der Waals surface area contributed by atoms with E-state index < -0.39 is 116 Å². The fourth-order valence-corrected chi connectivity index (χ4v) is 6.67. The van der Waals surface area contributed by atoms with E-state index in [0.717, 1.165) is 0 Å². The Labute approximate surface area is 224 Å². The topological polar surface area (TPSA) is 298 Å². The number of hydrogen-bond acceptors (Lipinski definition) is 12. The maximum atomic E-state index is 12.4. The summed E-state index contributed by atoms with van der Waals surface area (Å²) in [5.74, 6) is -4.54. The summed E-state index contributed by atoms with van der Waals surface area (Å²) in [5.41, 5.74) is -2.28. The molecule has 0 spiro atoms. The predicted molar refractivity (Wildman–Crippen MR) is 133 cm³/mol. The highest BCUT2D eigenvalue weighted by atomic mass is 32.2. The van der Waals surface area contributed by atoms with Crippen LogP contribution in [0.2, 0.25) is 0 Å². The Morgan fingerprint density at radius 1 is 0.400 bits per heavy atom. The summed E-state index contributed by atoms with van der Waals surface area (Å²) >= 11 is 0. The number of hydrogen-bond donors (Lipinski definition) is 8. The van der Waals surface area contributed by atoms with E-state index in [-0.39, 0.29) is 12.1 Å². The average molecular weight is 639 g/mol. The SMILES string of the molecule is O=S(=O)(O)c1cc(O)c2c(O)cc(S(=O)(=O)O)c(-c3c(S(=O)(=O)O)cc(O)c4c(O)cc(S(=O)(=O)O)cc34)c2c1. The normalized spacial score (nSPS) is 13.2. The minimum absolute atomic E-state index is 0.277. The van der Waals surface area contributed by atoms with Gasteiger partial charge in [-0.2, -0.15) is 33.7 Å². The number of aromatic hydroxyl groups is 4. The van der Waals surface area contributed by atoms with Crippen molar-refractivity contribution in [3.8, 4) is 34.1 Å². The van der Waals surface area contributed by atoms with E-state index in [1.165, 1.54) is 0 Å². The molecule has 0 atom stereocenters. The zero-order valence-corrected chi connectivity index (χ0v) is 22.2. The van der Waals surface area contributed by atoms with Crippen LogP contribution in [0.25, 0.3) is 32.7 Å². The third-order valence-corrected chi connectivity index (χ3v) is 9.08. The molecule has 40 heavy (non-hydrogen) atoms. The third-order valence-electron chi connectivity index (χ3n) is 5.66. The first kappa shape index (κ1) is 29.2. The van der Waals surface area contributed by atoms with Crippen LogP contribution in [0.5, 0.6) is 23.0 Å². The van der Waals surface area contributed by atoms with Gasteiger partial charge in [-0.1, -0.05) is 0 Å². The van der Waals surface area contributed by atoms with Crippen molar-refractivity contribution in [3.05, 3.63) is 36.4 Å². The number of fused-ring (bicyclic) bond motifs is 2. The molecule has 0 aliphatic rings. The van der Waals surface area contributed by atoms with E-state index in [4.69, 9.17) is 0 Å². The van der Waals surface area contributed by atoms with Crippen molar-refractivity contribution in [2.75, 3.05) is 0 Å². The van der Waals surface area contributed by atoms with Gasteiger partial charge < -0.3 is 20.4 Å². The first-order valence-electron chi connectivity index (χ1n) is 9.99.